The highest BCUT2D eigenvalue weighted by Crippen LogP contribution is 2.28. The van der Waals surface area contributed by atoms with E-state index in [0.717, 1.165) is 47.2 Å². The van der Waals surface area contributed by atoms with E-state index in [1.54, 1.807) is 15.7 Å². The van der Waals surface area contributed by atoms with E-state index in [9.17, 15) is 4.79 Å². The van der Waals surface area contributed by atoms with Gasteiger partial charge in [-0.1, -0.05) is 26.0 Å². The molecule has 4 rings (SSSR count). The van der Waals surface area contributed by atoms with Crippen molar-refractivity contribution in [2.75, 3.05) is 13.1 Å². The molecule has 1 aromatic carbocycles. The third-order valence-corrected chi connectivity index (χ3v) is 5.29. The minimum atomic E-state index is -0.210. The lowest BCUT2D eigenvalue weighted by Crippen LogP contribution is -2.31. The number of H-pyrrole nitrogens is 1. The van der Waals surface area contributed by atoms with Crippen molar-refractivity contribution in [1.82, 2.24) is 25.2 Å². The van der Waals surface area contributed by atoms with Crippen molar-refractivity contribution in [2.24, 2.45) is 0 Å². The van der Waals surface area contributed by atoms with E-state index in [0.29, 0.717) is 11.7 Å². The standard InChI is InChI=1S/C20H23N5OS/c1-13(2)22-7-6-21-11-16-10-19-23-24-20(26)25(19)18-9-14(3-4-17(16)18)15-5-8-27-12-15/h3-5,8-10,12-13,21-22H,6-7,11H2,1-2H3,(H,24,26). The van der Waals surface area contributed by atoms with Crippen LogP contribution in [0.15, 0.2) is 45.9 Å². The Bertz CT molecular complexity index is 1110. The quantitative estimate of drug-likeness (QED) is 0.430. The number of hydrogen-bond acceptors (Lipinski definition) is 5. The first-order chi connectivity index (χ1) is 13.1. The van der Waals surface area contributed by atoms with Crippen LogP contribution in [0.3, 0.4) is 0 Å². The van der Waals surface area contributed by atoms with Gasteiger partial charge in [0.1, 0.15) is 0 Å². The minimum absolute atomic E-state index is 0.210. The molecule has 3 heterocycles. The number of thiophene rings is 1. The maximum Gasteiger partial charge on any atom is 0.348 e. The van der Waals surface area contributed by atoms with E-state index in [-0.39, 0.29) is 5.69 Å². The molecule has 0 spiro atoms. The molecule has 3 N–H and O–H groups in total. The van der Waals surface area contributed by atoms with Gasteiger partial charge in [0.25, 0.3) is 0 Å². The van der Waals surface area contributed by atoms with Gasteiger partial charge in [-0.15, -0.1) is 0 Å². The molecule has 4 aromatic rings. The number of hydrogen-bond donors (Lipinski definition) is 3. The Balaban J connectivity index is 1.72. The lowest BCUT2D eigenvalue weighted by atomic mass is 10.0. The normalized spacial score (nSPS) is 11.8. The molecule has 0 aliphatic heterocycles. The molecule has 0 atom stereocenters. The van der Waals surface area contributed by atoms with Crippen LogP contribution in [0, 0.1) is 0 Å². The molecule has 0 saturated heterocycles. The first kappa shape index (κ1) is 17.9. The summed E-state index contributed by atoms with van der Waals surface area (Å²) in [4.78, 5) is 12.3. The van der Waals surface area contributed by atoms with Crippen molar-refractivity contribution in [3.05, 3.63) is 57.1 Å². The Kier molecular flexibility index (Phi) is 5.07. The molecule has 0 unspecified atom stereocenters. The number of pyridine rings is 1. The number of aromatic nitrogens is 3. The molecule has 0 radical (unpaired) electrons. The number of nitrogens with one attached hydrogen (secondary N) is 3. The van der Waals surface area contributed by atoms with E-state index in [2.05, 4.69) is 69.7 Å². The summed E-state index contributed by atoms with van der Waals surface area (Å²) in [5.41, 5.74) is 4.72. The van der Waals surface area contributed by atoms with E-state index in [1.165, 1.54) is 0 Å². The Morgan fingerprint density at radius 1 is 1.19 bits per heavy atom. The highest BCUT2D eigenvalue weighted by atomic mass is 32.1. The Labute approximate surface area is 161 Å². The number of benzene rings is 1. The number of nitrogens with zero attached hydrogens (tertiary/aromatic N) is 2. The van der Waals surface area contributed by atoms with Crippen molar-refractivity contribution in [3.8, 4) is 11.1 Å². The van der Waals surface area contributed by atoms with Crippen molar-refractivity contribution < 1.29 is 0 Å². The first-order valence-electron chi connectivity index (χ1n) is 9.13. The first-order valence-corrected chi connectivity index (χ1v) is 10.1. The van der Waals surface area contributed by atoms with Gasteiger partial charge >= 0.3 is 5.69 Å². The monoisotopic (exact) mass is 381 g/mol. The highest BCUT2D eigenvalue weighted by Gasteiger charge is 2.11. The zero-order chi connectivity index (χ0) is 18.8. The average Bonchev–Trinajstić information content (AvgIpc) is 3.31. The van der Waals surface area contributed by atoms with E-state index in [1.807, 2.05) is 6.07 Å². The van der Waals surface area contributed by atoms with Crippen LogP contribution in [0.4, 0.5) is 0 Å². The Morgan fingerprint density at radius 3 is 2.85 bits per heavy atom. The summed E-state index contributed by atoms with van der Waals surface area (Å²) in [5.74, 6) is 0. The van der Waals surface area contributed by atoms with Gasteiger partial charge in [0.15, 0.2) is 5.65 Å². The lowest BCUT2D eigenvalue weighted by molar-refractivity contribution is 0.556. The highest BCUT2D eigenvalue weighted by molar-refractivity contribution is 7.08. The zero-order valence-corrected chi connectivity index (χ0v) is 16.3. The van der Waals surface area contributed by atoms with E-state index >= 15 is 0 Å². The maximum absolute atomic E-state index is 12.3. The second kappa shape index (κ2) is 7.64. The molecule has 0 amide bonds. The van der Waals surface area contributed by atoms with Crippen molar-refractivity contribution in [1.29, 1.82) is 0 Å². The van der Waals surface area contributed by atoms with Gasteiger partial charge in [-0.25, -0.2) is 14.3 Å². The lowest BCUT2D eigenvalue weighted by Gasteiger charge is -2.12. The Morgan fingerprint density at radius 2 is 2.07 bits per heavy atom. The number of aromatic amines is 1. The molecule has 0 bridgehead atoms. The van der Waals surface area contributed by atoms with Crippen LogP contribution >= 0.6 is 11.3 Å². The van der Waals surface area contributed by atoms with Crippen LogP contribution in [0.1, 0.15) is 19.4 Å². The van der Waals surface area contributed by atoms with Gasteiger partial charge < -0.3 is 10.6 Å². The third kappa shape index (κ3) is 3.66. The molecule has 7 heteroatoms. The fourth-order valence-electron chi connectivity index (χ4n) is 3.29. The summed E-state index contributed by atoms with van der Waals surface area (Å²) in [6.45, 7) is 6.81. The number of rotatable bonds is 7. The molecule has 3 aromatic heterocycles. The molecular formula is C20H23N5OS. The Hall–Kier alpha value is -2.48. The summed E-state index contributed by atoms with van der Waals surface area (Å²) in [7, 11) is 0. The second-order valence-electron chi connectivity index (χ2n) is 6.92. The van der Waals surface area contributed by atoms with Crippen LogP contribution < -0.4 is 16.3 Å². The molecule has 27 heavy (non-hydrogen) atoms. The summed E-state index contributed by atoms with van der Waals surface area (Å²) < 4.78 is 1.65. The molecule has 140 valence electrons. The largest absolute Gasteiger partial charge is 0.348 e. The minimum Gasteiger partial charge on any atom is -0.313 e. The molecule has 0 aliphatic rings. The zero-order valence-electron chi connectivity index (χ0n) is 15.5. The predicted octanol–water partition coefficient (Wildman–Crippen LogP) is 2.99. The average molecular weight is 382 g/mol. The van der Waals surface area contributed by atoms with Crippen LogP contribution in [0.5, 0.6) is 0 Å². The van der Waals surface area contributed by atoms with Gasteiger partial charge in [-0.3, -0.25) is 0 Å². The molecule has 0 fully saturated rings. The van der Waals surface area contributed by atoms with Gasteiger partial charge in [0.2, 0.25) is 0 Å². The molecule has 0 saturated carbocycles. The van der Waals surface area contributed by atoms with Gasteiger partial charge in [0.05, 0.1) is 5.52 Å². The second-order valence-corrected chi connectivity index (χ2v) is 7.70. The smallest absolute Gasteiger partial charge is 0.313 e. The number of fused-ring (bicyclic) bond motifs is 3. The molecular weight excluding hydrogens is 358 g/mol. The van der Waals surface area contributed by atoms with Crippen LogP contribution in [0.25, 0.3) is 27.7 Å². The van der Waals surface area contributed by atoms with Crippen molar-refractivity contribution in [2.45, 2.75) is 26.4 Å². The van der Waals surface area contributed by atoms with E-state index in [4.69, 9.17) is 0 Å². The summed E-state index contributed by atoms with van der Waals surface area (Å²) in [6.07, 6.45) is 0. The summed E-state index contributed by atoms with van der Waals surface area (Å²) in [6, 6.07) is 10.8. The van der Waals surface area contributed by atoms with E-state index < -0.39 is 0 Å². The maximum atomic E-state index is 12.3. The van der Waals surface area contributed by atoms with Crippen LogP contribution in [-0.4, -0.2) is 33.7 Å². The summed E-state index contributed by atoms with van der Waals surface area (Å²) in [5, 5.41) is 18.9. The predicted molar refractivity (Wildman–Crippen MR) is 111 cm³/mol. The fraction of sp³-hybridized carbons (Fsp3) is 0.300. The van der Waals surface area contributed by atoms with Gasteiger partial charge in [0, 0.05) is 31.1 Å². The van der Waals surface area contributed by atoms with Crippen molar-refractivity contribution in [3.63, 3.8) is 0 Å². The third-order valence-electron chi connectivity index (χ3n) is 4.61. The van der Waals surface area contributed by atoms with Gasteiger partial charge in [-0.2, -0.15) is 16.4 Å². The van der Waals surface area contributed by atoms with Crippen molar-refractivity contribution >= 4 is 27.9 Å². The van der Waals surface area contributed by atoms with Gasteiger partial charge in [-0.05, 0) is 45.6 Å². The topological polar surface area (TPSA) is 74.2 Å². The SMILES string of the molecule is CC(C)NCCNCc1cc2n[nH]c(=O)n2c2cc(-c3ccsc3)ccc12. The fourth-order valence-corrected chi connectivity index (χ4v) is 3.95. The van der Waals surface area contributed by atoms with Crippen LogP contribution in [-0.2, 0) is 6.54 Å². The molecule has 6 nitrogen and oxygen atoms in total. The summed E-state index contributed by atoms with van der Waals surface area (Å²) >= 11 is 1.67. The molecule has 0 aliphatic carbocycles. The van der Waals surface area contributed by atoms with Crippen LogP contribution in [0.2, 0.25) is 0 Å².